The van der Waals surface area contributed by atoms with Gasteiger partial charge in [-0.3, -0.25) is 9.59 Å². The Morgan fingerprint density at radius 1 is 0.561 bits per heavy atom. The van der Waals surface area contributed by atoms with Crippen molar-refractivity contribution in [2.24, 2.45) is 39.4 Å². The van der Waals surface area contributed by atoms with E-state index in [1.807, 2.05) is 13.8 Å². The van der Waals surface area contributed by atoms with Crippen LogP contribution in [0.25, 0.3) is 0 Å². The van der Waals surface area contributed by atoms with E-state index < -0.39 is 244 Å². The lowest BCUT2D eigenvalue weighted by molar-refractivity contribution is -0.396. The van der Waals surface area contributed by atoms with Gasteiger partial charge in [0.1, 0.15) is 140 Å². The fourth-order valence-electron chi connectivity index (χ4n) is 19.0. The van der Waals surface area contributed by atoms with Gasteiger partial charge in [0.2, 0.25) is 0 Å². The van der Waals surface area contributed by atoms with Crippen molar-refractivity contribution in [3.8, 4) is 0 Å². The van der Waals surface area contributed by atoms with E-state index in [1.54, 1.807) is 0 Å². The molecule has 0 radical (unpaired) electrons. The number of aliphatic hydroxyl groups is 14. The van der Waals surface area contributed by atoms with Crippen molar-refractivity contribution in [3.63, 3.8) is 0 Å². The van der Waals surface area contributed by atoms with E-state index in [-0.39, 0.29) is 30.0 Å². The Kier molecular flexibility index (Phi) is 23.0. The Morgan fingerprint density at radius 2 is 1.06 bits per heavy atom. The first-order valence-electron chi connectivity index (χ1n) is 34.5. The molecule has 560 valence electrons. The monoisotopic (exact) mass is 1410 g/mol. The van der Waals surface area contributed by atoms with Gasteiger partial charge in [0, 0.05) is 20.6 Å². The second kappa shape index (κ2) is 29.4. The largest absolute Gasteiger partial charge is 0.458 e. The molecule has 98 heavy (non-hydrogen) atoms. The van der Waals surface area contributed by atoms with Gasteiger partial charge in [0.15, 0.2) is 37.7 Å². The van der Waals surface area contributed by atoms with Crippen LogP contribution in [0.1, 0.15) is 113 Å². The molecule has 10 fully saturated rings. The van der Waals surface area contributed by atoms with E-state index >= 15 is 0 Å². The first-order chi connectivity index (χ1) is 46.2. The summed E-state index contributed by atoms with van der Waals surface area (Å²) in [7, 11) is 2.39. The minimum Gasteiger partial charge on any atom is -0.458 e. The number of ether oxygens (including phenoxy) is 15. The van der Waals surface area contributed by atoms with Gasteiger partial charge < -0.3 is 143 Å². The van der Waals surface area contributed by atoms with E-state index in [0.29, 0.717) is 38.5 Å². The molecule has 1 spiro atoms. The molecule has 0 bridgehead atoms. The van der Waals surface area contributed by atoms with Crippen molar-refractivity contribution in [2.45, 2.75) is 303 Å². The summed E-state index contributed by atoms with van der Waals surface area (Å²) in [5.41, 5.74) is -1.56. The highest BCUT2D eigenvalue weighted by molar-refractivity contribution is 5.99. The Balaban J connectivity index is 0.833. The Labute approximate surface area is 569 Å². The number of fused-ring (bicyclic) bond motifs is 4. The molecule has 3 saturated carbocycles. The van der Waals surface area contributed by atoms with Crippen molar-refractivity contribution in [1.29, 1.82) is 0 Å². The summed E-state index contributed by atoms with van der Waals surface area (Å²) >= 11 is 0. The third-order valence-electron chi connectivity index (χ3n) is 24.3. The summed E-state index contributed by atoms with van der Waals surface area (Å²) < 4.78 is 90.4. The van der Waals surface area contributed by atoms with Crippen molar-refractivity contribution >= 4 is 11.8 Å². The van der Waals surface area contributed by atoms with Crippen molar-refractivity contribution < 1.29 is 152 Å². The predicted octanol–water partition coefficient (Wildman–Crippen LogP) is -2.88. The molecule has 7 aliphatic heterocycles. The van der Waals surface area contributed by atoms with Gasteiger partial charge in [0.05, 0.1) is 56.1 Å². The smallest absolute Gasteiger partial charge is 0.314 e. The zero-order valence-electron chi connectivity index (χ0n) is 57.2. The molecule has 14 N–H and O–H groups in total. The summed E-state index contributed by atoms with van der Waals surface area (Å²) in [5, 5.41) is 157. The first-order valence-corrected chi connectivity index (χ1v) is 34.5. The molecular formula is C67H106O31. The SMILES string of the molecule is C=C(C)CCC[C@]1(C)OC(=O)[C@]23CC=C4C(CCC5C(C)(C)C(O[C@@H]6OC[C@@H](O[C@@H]7O[C@H](CO)[C@@H](O)[C@H](O[C@@H]8O[C@H](CO)[C@@H](O)[C@H](OC)[C@H]8O)[C@H]7O)[C@H](O)[C@H]6O[C@@H]6O[C@H](C)[C@@H](O[C@@H]7O[C@H](C)[C@@H](O)[C@H](O[C@@H]8O[C@H](CO)[C@@H](O)[C@H](OC)[C@H]8O)[C@H]7O)[C@H](O)[C@H]6O)CC[C@]45C)[C@]2(C)CC(=O)[C@@H]31. The molecule has 11 aliphatic rings. The molecule has 4 aliphatic carbocycles. The van der Waals surface area contributed by atoms with E-state index in [2.05, 4.69) is 40.3 Å². The number of hydrogen-bond acceptors (Lipinski definition) is 31. The summed E-state index contributed by atoms with van der Waals surface area (Å²) in [4.78, 5) is 29.1. The van der Waals surface area contributed by atoms with Crippen molar-refractivity contribution in [3.05, 3.63) is 23.8 Å². The highest BCUT2D eigenvalue weighted by atomic mass is 16.8. The lowest BCUT2D eigenvalue weighted by Crippen LogP contribution is -2.67. The molecule has 0 amide bonds. The van der Waals surface area contributed by atoms with E-state index in [9.17, 15) is 81.1 Å². The normalized spacial score (nSPS) is 52.5. The molecule has 0 aromatic carbocycles. The molecule has 0 aromatic heterocycles. The molecule has 7 heterocycles. The van der Waals surface area contributed by atoms with Gasteiger partial charge in [-0.2, -0.15) is 0 Å². The number of cyclic esters (lactones) is 1. The number of allylic oxidation sites excluding steroid dienone is 3. The Bertz CT molecular complexity index is 2820. The summed E-state index contributed by atoms with van der Waals surface area (Å²) in [5.74, 6) is -0.994. The molecule has 37 atom stereocenters. The van der Waals surface area contributed by atoms with Crippen LogP contribution in [0.2, 0.25) is 0 Å². The maximum absolute atomic E-state index is 14.6. The second-order valence-electron chi connectivity index (χ2n) is 30.6. The molecule has 3 unspecified atom stereocenters. The number of esters is 1. The Hall–Kier alpha value is -2.50. The number of methoxy groups -OCH3 is 2. The summed E-state index contributed by atoms with van der Waals surface area (Å²) in [6, 6.07) is 0. The van der Waals surface area contributed by atoms with E-state index in [1.165, 1.54) is 33.6 Å². The number of aliphatic hydroxyl groups excluding tert-OH is 14. The third-order valence-corrected chi connectivity index (χ3v) is 24.3. The van der Waals surface area contributed by atoms with Crippen LogP contribution in [0.5, 0.6) is 0 Å². The average Bonchev–Trinajstić information content (AvgIpc) is 1.47. The van der Waals surface area contributed by atoms with Crippen LogP contribution in [-0.4, -0.2) is 314 Å². The van der Waals surface area contributed by atoms with Gasteiger partial charge in [-0.1, -0.05) is 44.9 Å². The van der Waals surface area contributed by atoms with Gasteiger partial charge >= 0.3 is 5.97 Å². The fourth-order valence-corrected chi connectivity index (χ4v) is 19.0. The van der Waals surface area contributed by atoms with Crippen molar-refractivity contribution in [1.82, 2.24) is 0 Å². The van der Waals surface area contributed by atoms with Gasteiger partial charge in [-0.25, -0.2) is 0 Å². The second-order valence-corrected chi connectivity index (χ2v) is 30.6. The van der Waals surface area contributed by atoms with E-state index in [0.717, 1.165) is 18.4 Å². The number of hydrogen-bond donors (Lipinski definition) is 14. The summed E-state index contributed by atoms with van der Waals surface area (Å²) in [6.07, 6.45) is -40.8. The van der Waals surface area contributed by atoms with Crippen LogP contribution in [0.15, 0.2) is 23.8 Å². The van der Waals surface area contributed by atoms with Crippen LogP contribution in [-0.2, 0) is 80.6 Å². The lowest BCUT2D eigenvalue weighted by Gasteiger charge is -2.63. The minimum atomic E-state index is -2.03. The zero-order valence-corrected chi connectivity index (χ0v) is 57.2. The van der Waals surface area contributed by atoms with Crippen LogP contribution in [0, 0.1) is 39.4 Å². The minimum absolute atomic E-state index is 0.0530. The fraction of sp³-hybridized carbons (Fsp3) is 0.910. The van der Waals surface area contributed by atoms with Crippen LogP contribution >= 0.6 is 0 Å². The van der Waals surface area contributed by atoms with Gasteiger partial charge in [-0.05, 0) is 107 Å². The van der Waals surface area contributed by atoms with Crippen LogP contribution in [0.3, 0.4) is 0 Å². The van der Waals surface area contributed by atoms with Gasteiger partial charge in [0.25, 0.3) is 0 Å². The van der Waals surface area contributed by atoms with Gasteiger partial charge in [-0.15, -0.1) is 6.58 Å². The van der Waals surface area contributed by atoms with E-state index in [4.69, 9.17) is 71.1 Å². The summed E-state index contributed by atoms with van der Waals surface area (Å²) in [6.45, 7) is 16.5. The Morgan fingerprint density at radius 3 is 1.62 bits per heavy atom. The predicted molar refractivity (Wildman–Crippen MR) is 329 cm³/mol. The highest BCUT2D eigenvalue weighted by Crippen LogP contribution is 2.75. The topological polar surface area (TPSA) is 456 Å². The molecule has 31 nitrogen and oxygen atoms in total. The number of carbonyl (C=O) groups excluding carboxylic acids is 2. The molecule has 11 rings (SSSR count). The van der Waals surface area contributed by atoms with Crippen molar-refractivity contribution in [2.75, 3.05) is 40.6 Å². The molecule has 31 heteroatoms. The maximum atomic E-state index is 14.6. The third kappa shape index (κ3) is 13.1. The maximum Gasteiger partial charge on any atom is 0.314 e. The number of Topliss-reactive ketones (excluding diaryl/α,β-unsaturated/α-hetero) is 1. The number of ketones is 1. The number of carbonyl (C=O) groups is 2. The standard InChI is InChI=1S/C67H106O31/c1-26(2)13-12-18-66(9)55-31(71)21-65(8)30-14-15-36-63(5,6)37(17-19-64(36,7)29(30)16-20-67(55,65)62(83)98-66)93-61-54(42(76)35(25-86-61)92-58-48(82)53(41(75)34(24-70)89-58)96-60-46(80)51(85-11)40(74)33(23-69)91-60)97-56-44(78)43(77)49(28(4)88-56)94-57-47(81)52(38(72)27(3)87-57)95-59-45(79)50(84-10)39(73)32(22-68)90-59/h16,27-28,30,32-61,68-70,72-82H,1,12-15,17-25H2,2-11H3/t27-,28-,30?,32-,33-,34-,35-,36?,37?,38-,39-,40-,41-,42+,43-,44-,45-,46-,47-,48-,49-,50+,51+,52+,53+,54-,55-,56+,57+,58+,59+,60+,61+,64-,65+,66+,67-/m1/s1. The lowest BCUT2D eigenvalue weighted by atomic mass is 9.41. The first kappa shape index (κ1) is 76.6. The molecule has 7 saturated heterocycles. The average molecular weight is 1410 g/mol. The van der Waals surface area contributed by atoms with Crippen LogP contribution < -0.4 is 0 Å². The number of rotatable bonds is 21. The zero-order chi connectivity index (χ0) is 71.4. The molecule has 0 aromatic rings. The highest BCUT2D eigenvalue weighted by Gasteiger charge is 2.79. The van der Waals surface area contributed by atoms with Crippen LogP contribution in [0.4, 0.5) is 0 Å². The quantitative estimate of drug-likeness (QED) is 0.0312. The molecular weight excluding hydrogens is 1300 g/mol.